The van der Waals surface area contributed by atoms with Crippen LogP contribution < -0.4 is 10.2 Å². The third-order valence-corrected chi connectivity index (χ3v) is 5.74. The lowest BCUT2D eigenvalue weighted by Gasteiger charge is -2.34. The highest BCUT2D eigenvalue weighted by atomic mass is 16.3. The SMILES string of the molecule is Cc1ccc(CNc2nc(N3CCN(C(=O)c4ccco4)CC3)nc3c2cnn3C)cc1. The van der Waals surface area contributed by atoms with Crippen LogP contribution in [0.4, 0.5) is 11.8 Å². The second kappa shape index (κ2) is 8.33. The van der Waals surface area contributed by atoms with Gasteiger partial charge in [-0.1, -0.05) is 29.8 Å². The molecule has 0 radical (unpaired) electrons. The van der Waals surface area contributed by atoms with Gasteiger partial charge in [-0.05, 0) is 24.6 Å². The van der Waals surface area contributed by atoms with Gasteiger partial charge in [-0.25, -0.2) is 0 Å². The molecular formula is C23H25N7O2. The highest BCUT2D eigenvalue weighted by molar-refractivity contribution is 5.91. The largest absolute Gasteiger partial charge is 0.459 e. The van der Waals surface area contributed by atoms with E-state index in [4.69, 9.17) is 14.4 Å². The maximum absolute atomic E-state index is 12.5. The summed E-state index contributed by atoms with van der Waals surface area (Å²) in [5.41, 5.74) is 3.19. The molecule has 9 nitrogen and oxygen atoms in total. The number of nitrogens with one attached hydrogen (secondary N) is 1. The van der Waals surface area contributed by atoms with Crippen LogP contribution in [0.3, 0.4) is 0 Å². The van der Waals surface area contributed by atoms with E-state index < -0.39 is 0 Å². The number of anilines is 2. The first-order valence-corrected chi connectivity index (χ1v) is 10.7. The molecule has 1 N–H and O–H groups in total. The van der Waals surface area contributed by atoms with Gasteiger partial charge >= 0.3 is 0 Å². The number of rotatable bonds is 5. The molecule has 5 rings (SSSR count). The lowest BCUT2D eigenvalue weighted by atomic mass is 10.1. The number of aryl methyl sites for hydroxylation is 2. The number of hydrogen-bond donors (Lipinski definition) is 1. The monoisotopic (exact) mass is 431 g/mol. The van der Waals surface area contributed by atoms with Crippen molar-refractivity contribution >= 4 is 28.7 Å². The van der Waals surface area contributed by atoms with Gasteiger partial charge in [0.1, 0.15) is 5.82 Å². The van der Waals surface area contributed by atoms with Crippen LogP contribution in [0.1, 0.15) is 21.7 Å². The summed E-state index contributed by atoms with van der Waals surface area (Å²) in [6.07, 6.45) is 3.31. The molecule has 9 heteroatoms. The van der Waals surface area contributed by atoms with Crippen molar-refractivity contribution in [3.8, 4) is 0 Å². The van der Waals surface area contributed by atoms with E-state index in [0.29, 0.717) is 44.4 Å². The van der Waals surface area contributed by atoms with Crippen LogP contribution >= 0.6 is 0 Å². The van der Waals surface area contributed by atoms with Crippen LogP contribution in [0.15, 0.2) is 53.3 Å². The molecule has 1 aromatic carbocycles. The van der Waals surface area contributed by atoms with E-state index in [9.17, 15) is 4.79 Å². The molecule has 0 unspecified atom stereocenters. The number of hydrogen-bond acceptors (Lipinski definition) is 7. The van der Waals surface area contributed by atoms with Crippen molar-refractivity contribution in [3.05, 3.63) is 65.7 Å². The summed E-state index contributed by atoms with van der Waals surface area (Å²) in [6, 6.07) is 11.9. The highest BCUT2D eigenvalue weighted by Gasteiger charge is 2.26. The topological polar surface area (TPSA) is 92.3 Å². The molecule has 0 aliphatic carbocycles. The number of carbonyl (C=O) groups is 1. The zero-order valence-corrected chi connectivity index (χ0v) is 18.2. The zero-order chi connectivity index (χ0) is 22.1. The molecule has 1 aliphatic rings. The van der Waals surface area contributed by atoms with Crippen LogP contribution in [0.25, 0.3) is 11.0 Å². The lowest BCUT2D eigenvalue weighted by Crippen LogP contribution is -2.49. The average molecular weight is 432 g/mol. The molecule has 4 aromatic rings. The van der Waals surface area contributed by atoms with E-state index in [1.807, 2.05) is 7.05 Å². The van der Waals surface area contributed by atoms with E-state index in [1.165, 1.54) is 17.4 Å². The normalized spacial score (nSPS) is 14.2. The van der Waals surface area contributed by atoms with E-state index in [0.717, 1.165) is 16.9 Å². The Hall–Kier alpha value is -3.88. The van der Waals surface area contributed by atoms with E-state index >= 15 is 0 Å². The molecule has 164 valence electrons. The number of carbonyl (C=O) groups excluding carboxylic acids is 1. The number of piperazine rings is 1. The Bertz CT molecular complexity index is 1220. The number of benzene rings is 1. The van der Waals surface area contributed by atoms with Crippen molar-refractivity contribution in [2.75, 3.05) is 36.4 Å². The van der Waals surface area contributed by atoms with Crippen molar-refractivity contribution in [1.82, 2.24) is 24.6 Å². The Labute approximate surface area is 185 Å². The van der Waals surface area contributed by atoms with Crippen LogP contribution in [0.5, 0.6) is 0 Å². The van der Waals surface area contributed by atoms with E-state index in [2.05, 4.69) is 46.5 Å². The van der Waals surface area contributed by atoms with E-state index in [-0.39, 0.29) is 5.91 Å². The Morgan fingerprint density at radius 2 is 1.88 bits per heavy atom. The molecule has 0 spiro atoms. The quantitative estimate of drug-likeness (QED) is 0.519. The maximum atomic E-state index is 12.5. The summed E-state index contributed by atoms with van der Waals surface area (Å²) >= 11 is 0. The molecule has 0 saturated carbocycles. The molecular weight excluding hydrogens is 406 g/mol. The van der Waals surface area contributed by atoms with Crippen molar-refractivity contribution in [1.29, 1.82) is 0 Å². The molecule has 1 aliphatic heterocycles. The molecule has 1 amide bonds. The van der Waals surface area contributed by atoms with Crippen LogP contribution in [0.2, 0.25) is 0 Å². The molecule has 4 heterocycles. The summed E-state index contributed by atoms with van der Waals surface area (Å²) in [7, 11) is 1.88. The van der Waals surface area contributed by atoms with Gasteiger partial charge in [0, 0.05) is 39.8 Å². The Balaban J connectivity index is 1.34. The van der Waals surface area contributed by atoms with Gasteiger partial charge in [0.05, 0.1) is 17.8 Å². The number of aromatic nitrogens is 4. The molecule has 1 saturated heterocycles. The van der Waals surface area contributed by atoms with E-state index in [1.54, 1.807) is 27.9 Å². The summed E-state index contributed by atoms with van der Waals surface area (Å²) in [6.45, 7) is 5.19. The van der Waals surface area contributed by atoms with Gasteiger partial charge in [-0.3, -0.25) is 9.48 Å². The number of amides is 1. The first kappa shape index (κ1) is 20.0. The first-order valence-electron chi connectivity index (χ1n) is 10.7. The highest BCUT2D eigenvalue weighted by Crippen LogP contribution is 2.24. The standard InChI is InChI=1S/C23H25N7O2/c1-16-5-7-17(8-6-16)14-24-20-18-15-25-28(2)21(18)27-23(26-20)30-11-9-29(10-12-30)22(31)19-4-3-13-32-19/h3-8,13,15H,9-12,14H2,1-2H3,(H,24,26,27). The zero-order valence-electron chi connectivity index (χ0n) is 18.2. The fourth-order valence-electron chi connectivity index (χ4n) is 3.84. The maximum Gasteiger partial charge on any atom is 0.289 e. The number of furan rings is 1. The van der Waals surface area contributed by atoms with Crippen molar-refractivity contribution in [2.45, 2.75) is 13.5 Å². The molecule has 3 aromatic heterocycles. The van der Waals surface area contributed by atoms with Crippen LogP contribution in [0, 0.1) is 6.92 Å². The van der Waals surface area contributed by atoms with Crippen molar-refractivity contribution in [2.24, 2.45) is 7.05 Å². The first-order chi connectivity index (χ1) is 15.6. The fraction of sp³-hybridized carbons (Fsp3) is 0.304. The van der Waals surface area contributed by atoms with Crippen molar-refractivity contribution in [3.63, 3.8) is 0 Å². The van der Waals surface area contributed by atoms with Gasteiger partial charge in [-0.2, -0.15) is 15.1 Å². The Morgan fingerprint density at radius 1 is 1.09 bits per heavy atom. The van der Waals surface area contributed by atoms with Gasteiger partial charge in [0.25, 0.3) is 5.91 Å². The Kier molecular flexibility index (Phi) is 5.22. The third-order valence-electron chi connectivity index (χ3n) is 5.74. The average Bonchev–Trinajstić information content (AvgIpc) is 3.49. The second-order valence-electron chi connectivity index (χ2n) is 7.97. The summed E-state index contributed by atoms with van der Waals surface area (Å²) in [4.78, 5) is 26.0. The molecule has 1 fully saturated rings. The van der Waals surface area contributed by atoms with Gasteiger partial charge < -0.3 is 19.5 Å². The predicted molar refractivity (Wildman–Crippen MR) is 122 cm³/mol. The minimum Gasteiger partial charge on any atom is -0.459 e. The van der Waals surface area contributed by atoms with Crippen molar-refractivity contribution < 1.29 is 9.21 Å². The van der Waals surface area contributed by atoms with Crippen LogP contribution in [-0.2, 0) is 13.6 Å². The minimum absolute atomic E-state index is 0.0851. The molecule has 0 bridgehead atoms. The summed E-state index contributed by atoms with van der Waals surface area (Å²) < 4.78 is 7.01. The smallest absolute Gasteiger partial charge is 0.289 e. The van der Waals surface area contributed by atoms with Gasteiger partial charge in [-0.15, -0.1) is 0 Å². The lowest BCUT2D eigenvalue weighted by molar-refractivity contribution is 0.0714. The minimum atomic E-state index is -0.0851. The van der Waals surface area contributed by atoms with Gasteiger partial charge in [0.15, 0.2) is 11.4 Å². The summed E-state index contributed by atoms with van der Waals surface area (Å²) in [5, 5.41) is 8.70. The fourth-order valence-corrected chi connectivity index (χ4v) is 3.84. The number of fused-ring (bicyclic) bond motifs is 1. The molecule has 32 heavy (non-hydrogen) atoms. The van der Waals surface area contributed by atoms with Gasteiger partial charge in [0.2, 0.25) is 5.95 Å². The third kappa shape index (κ3) is 3.89. The number of nitrogens with zero attached hydrogens (tertiary/aromatic N) is 6. The second-order valence-corrected chi connectivity index (χ2v) is 7.97. The Morgan fingerprint density at radius 3 is 2.59 bits per heavy atom. The van der Waals surface area contributed by atoms with Crippen LogP contribution in [-0.4, -0.2) is 56.7 Å². The molecule has 0 atom stereocenters. The summed E-state index contributed by atoms with van der Waals surface area (Å²) in [5.74, 6) is 1.68. The predicted octanol–water partition coefficient (Wildman–Crippen LogP) is 2.84.